The maximum atomic E-state index is 5.93. The summed E-state index contributed by atoms with van der Waals surface area (Å²) in [6, 6.07) is 25.7. The zero-order chi connectivity index (χ0) is 20.3. The first-order valence-corrected chi connectivity index (χ1v) is 10.1. The second-order valence-corrected chi connectivity index (χ2v) is 7.14. The van der Waals surface area contributed by atoms with Gasteiger partial charge in [-0.3, -0.25) is 0 Å². The Labute approximate surface area is 175 Å². The van der Waals surface area contributed by atoms with Crippen molar-refractivity contribution in [3.63, 3.8) is 0 Å². The van der Waals surface area contributed by atoms with Crippen molar-refractivity contribution in [2.75, 3.05) is 7.11 Å². The second-order valence-electron chi connectivity index (χ2n) is 6.14. The summed E-state index contributed by atoms with van der Waals surface area (Å²) in [6.07, 6.45) is 1.64. The van der Waals surface area contributed by atoms with Crippen LogP contribution < -0.4 is 15.2 Å². The van der Waals surface area contributed by atoms with Crippen LogP contribution in [0.2, 0.25) is 0 Å². The number of rotatable bonds is 8. The molecule has 0 radical (unpaired) electrons. The molecule has 0 spiro atoms. The fourth-order valence-electron chi connectivity index (χ4n) is 2.53. The molecular weight excluding hydrogens is 382 g/mol. The third-order valence-electron chi connectivity index (χ3n) is 4.02. The zero-order valence-electron chi connectivity index (χ0n) is 16.2. The molecule has 6 heteroatoms. The molecule has 5 nitrogen and oxygen atoms in total. The van der Waals surface area contributed by atoms with E-state index in [-0.39, 0.29) is 0 Å². The summed E-state index contributed by atoms with van der Waals surface area (Å²) in [4.78, 5) is 0. The van der Waals surface area contributed by atoms with Crippen LogP contribution in [0.15, 0.2) is 89.1 Å². The third-order valence-corrected chi connectivity index (χ3v) is 4.87. The van der Waals surface area contributed by atoms with Crippen LogP contribution in [0.3, 0.4) is 0 Å². The van der Waals surface area contributed by atoms with Crippen molar-refractivity contribution in [3.05, 3.63) is 95.6 Å². The molecule has 0 aliphatic heterocycles. The Balaban J connectivity index is 1.60. The van der Waals surface area contributed by atoms with Crippen LogP contribution in [-0.4, -0.2) is 18.5 Å². The van der Waals surface area contributed by atoms with Crippen molar-refractivity contribution >= 4 is 23.1 Å². The Morgan fingerprint density at radius 1 is 0.931 bits per heavy atom. The maximum absolute atomic E-state index is 5.93. The SMILES string of the molecule is COc1ccc(C=NN=C(N)SCc2ccccc2)cc1OCc1ccccc1. The summed E-state index contributed by atoms with van der Waals surface area (Å²) in [5.41, 5.74) is 9.05. The first-order valence-electron chi connectivity index (χ1n) is 9.12. The first kappa shape index (κ1) is 20.5. The first-order chi connectivity index (χ1) is 14.2. The van der Waals surface area contributed by atoms with Crippen LogP contribution in [-0.2, 0) is 12.4 Å². The van der Waals surface area contributed by atoms with Crippen molar-refractivity contribution in [1.29, 1.82) is 0 Å². The minimum absolute atomic E-state index is 0.416. The molecule has 0 atom stereocenters. The van der Waals surface area contributed by atoms with Crippen molar-refractivity contribution in [1.82, 2.24) is 0 Å². The normalized spacial score (nSPS) is 11.6. The summed E-state index contributed by atoms with van der Waals surface area (Å²) in [5, 5.41) is 8.56. The number of nitrogens with two attached hydrogens (primary N) is 1. The van der Waals surface area contributed by atoms with Crippen molar-refractivity contribution in [2.24, 2.45) is 15.9 Å². The van der Waals surface area contributed by atoms with E-state index in [0.29, 0.717) is 23.3 Å². The average Bonchev–Trinajstić information content (AvgIpc) is 2.78. The van der Waals surface area contributed by atoms with E-state index in [0.717, 1.165) is 16.9 Å². The molecule has 0 aliphatic rings. The highest BCUT2D eigenvalue weighted by Crippen LogP contribution is 2.28. The summed E-state index contributed by atoms with van der Waals surface area (Å²) >= 11 is 1.45. The predicted octanol–water partition coefficient (Wildman–Crippen LogP) is 4.86. The quantitative estimate of drug-likeness (QED) is 0.330. The lowest BCUT2D eigenvalue weighted by Crippen LogP contribution is -2.06. The third kappa shape index (κ3) is 6.69. The molecule has 29 heavy (non-hydrogen) atoms. The number of amidine groups is 1. The Morgan fingerprint density at radius 2 is 1.62 bits per heavy atom. The Kier molecular flexibility index (Phi) is 7.72. The van der Waals surface area contributed by atoms with Crippen molar-refractivity contribution < 1.29 is 9.47 Å². The van der Waals surface area contributed by atoms with Gasteiger partial charge in [0.05, 0.1) is 13.3 Å². The van der Waals surface area contributed by atoms with Crippen molar-refractivity contribution in [3.8, 4) is 11.5 Å². The van der Waals surface area contributed by atoms with Gasteiger partial charge in [0.25, 0.3) is 0 Å². The van der Waals surface area contributed by atoms with Gasteiger partial charge in [0.1, 0.15) is 6.61 Å². The van der Waals surface area contributed by atoms with Crippen molar-refractivity contribution in [2.45, 2.75) is 12.4 Å². The number of hydrogen-bond acceptors (Lipinski definition) is 5. The molecule has 0 bridgehead atoms. The highest BCUT2D eigenvalue weighted by Gasteiger charge is 2.06. The maximum Gasteiger partial charge on any atom is 0.180 e. The summed E-state index contributed by atoms with van der Waals surface area (Å²) < 4.78 is 11.3. The second kappa shape index (κ2) is 10.9. The Bertz CT molecular complexity index is 960. The number of ether oxygens (including phenoxy) is 2. The summed E-state index contributed by atoms with van der Waals surface area (Å²) in [7, 11) is 1.62. The molecule has 0 aliphatic carbocycles. The van der Waals surface area contributed by atoms with Crippen LogP contribution >= 0.6 is 11.8 Å². The van der Waals surface area contributed by atoms with Gasteiger partial charge in [-0.15, -0.1) is 5.10 Å². The molecule has 0 fully saturated rings. The molecular formula is C23H23N3O2S. The fraction of sp³-hybridized carbons (Fsp3) is 0.130. The predicted molar refractivity (Wildman–Crippen MR) is 121 cm³/mol. The van der Waals surface area contributed by atoms with Crippen LogP contribution in [0.5, 0.6) is 11.5 Å². The van der Waals surface area contributed by atoms with E-state index in [4.69, 9.17) is 15.2 Å². The molecule has 0 aromatic heterocycles. The van der Waals surface area contributed by atoms with Crippen LogP contribution in [0, 0.1) is 0 Å². The van der Waals surface area contributed by atoms with Gasteiger partial charge in [-0.1, -0.05) is 72.4 Å². The highest BCUT2D eigenvalue weighted by atomic mass is 32.2. The number of methoxy groups -OCH3 is 1. The number of hydrogen-bond donors (Lipinski definition) is 1. The highest BCUT2D eigenvalue weighted by molar-refractivity contribution is 8.13. The molecule has 148 valence electrons. The van der Waals surface area contributed by atoms with E-state index < -0.39 is 0 Å². The molecule has 3 rings (SSSR count). The lowest BCUT2D eigenvalue weighted by molar-refractivity contribution is 0.284. The average molecular weight is 406 g/mol. The molecule has 3 aromatic rings. The van der Waals surface area contributed by atoms with E-state index >= 15 is 0 Å². The number of benzene rings is 3. The minimum Gasteiger partial charge on any atom is -0.493 e. The zero-order valence-corrected chi connectivity index (χ0v) is 17.0. The van der Waals surface area contributed by atoms with Gasteiger partial charge in [0.2, 0.25) is 0 Å². The summed E-state index contributed by atoms with van der Waals surface area (Å²) in [5.74, 6) is 2.07. The standard InChI is InChI=1S/C23H23N3O2S/c1-27-21-13-12-20(14-22(21)28-16-18-8-4-2-5-9-18)15-25-26-23(24)29-17-19-10-6-3-7-11-19/h2-15H,16-17H2,1H3,(H2,24,26). The van der Waals surface area contributed by atoms with Crippen LogP contribution in [0.4, 0.5) is 0 Å². The number of thioether (sulfide) groups is 1. The van der Waals surface area contributed by atoms with E-state index in [1.807, 2.05) is 66.7 Å². The topological polar surface area (TPSA) is 69.2 Å². The molecule has 3 aromatic carbocycles. The lowest BCUT2D eigenvalue weighted by Gasteiger charge is -2.11. The Hall–Kier alpha value is -3.25. The largest absolute Gasteiger partial charge is 0.493 e. The smallest absolute Gasteiger partial charge is 0.180 e. The lowest BCUT2D eigenvalue weighted by atomic mass is 10.2. The van der Waals surface area contributed by atoms with E-state index in [2.05, 4.69) is 22.3 Å². The van der Waals surface area contributed by atoms with Crippen LogP contribution in [0.1, 0.15) is 16.7 Å². The molecule has 0 unspecified atom stereocenters. The van der Waals surface area contributed by atoms with Crippen LogP contribution in [0.25, 0.3) is 0 Å². The monoisotopic (exact) mass is 405 g/mol. The van der Waals surface area contributed by atoms with E-state index in [9.17, 15) is 0 Å². The molecule has 0 amide bonds. The van der Waals surface area contributed by atoms with Gasteiger partial charge in [-0.2, -0.15) is 5.10 Å². The Morgan fingerprint density at radius 3 is 2.31 bits per heavy atom. The van der Waals surface area contributed by atoms with Gasteiger partial charge in [-0.25, -0.2) is 0 Å². The van der Waals surface area contributed by atoms with Gasteiger partial charge < -0.3 is 15.2 Å². The number of nitrogens with zero attached hydrogens (tertiary/aromatic N) is 2. The summed E-state index contributed by atoms with van der Waals surface area (Å²) in [6.45, 7) is 0.457. The van der Waals surface area contributed by atoms with Gasteiger partial charge >= 0.3 is 0 Å². The molecule has 0 saturated heterocycles. The van der Waals surface area contributed by atoms with Gasteiger partial charge in [0.15, 0.2) is 16.7 Å². The van der Waals surface area contributed by atoms with E-state index in [1.54, 1.807) is 13.3 Å². The van der Waals surface area contributed by atoms with Gasteiger partial charge in [0, 0.05) is 5.75 Å². The minimum atomic E-state index is 0.416. The molecule has 0 heterocycles. The molecule has 0 saturated carbocycles. The fourth-order valence-corrected chi connectivity index (χ4v) is 3.15. The van der Waals surface area contributed by atoms with E-state index in [1.165, 1.54) is 17.3 Å². The molecule has 2 N–H and O–H groups in total. The van der Waals surface area contributed by atoms with Gasteiger partial charge in [-0.05, 0) is 34.9 Å².